The van der Waals surface area contributed by atoms with Gasteiger partial charge in [-0.05, 0) is 49.2 Å². The minimum Gasteiger partial charge on any atom is -0.496 e. The van der Waals surface area contributed by atoms with Gasteiger partial charge in [0.25, 0.3) is 10.0 Å². The second-order valence-electron chi connectivity index (χ2n) is 6.27. The number of hydrogen-bond acceptors (Lipinski definition) is 5. The zero-order valence-corrected chi connectivity index (χ0v) is 16.3. The first-order valence-corrected chi connectivity index (χ1v) is 10.00. The summed E-state index contributed by atoms with van der Waals surface area (Å²) in [6, 6.07) is 9.55. The third-order valence-corrected chi connectivity index (χ3v) is 5.85. The summed E-state index contributed by atoms with van der Waals surface area (Å²) < 4.78 is 38.5. The van der Waals surface area contributed by atoms with Gasteiger partial charge < -0.3 is 14.4 Å². The largest absolute Gasteiger partial charge is 0.496 e. The van der Waals surface area contributed by atoms with Crippen molar-refractivity contribution in [1.29, 1.82) is 0 Å². The van der Waals surface area contributed by atoms with Crippen LogP contribution in [-0.4, -0.2) is 35.1 Å². The third kappa shape index (κ3) is 3.85. The number of rotatable bonds is 6. The van der Waals surface area contributed by atoms with Crippen molar-refractivity contribution in [2.75, 3.05) is 30.4 Å². The van der Waals surface area contributed by atoms with Gasteiger partial charge in [-0.15, -0.1) is 0 Å². The van der Waals surface area contributed by atoms with Crippen molar-refractivity contribution in [3.8, 4) is 11.5 Å². The van der Waals surface area contributed by atoms with Gasteiger partial charge in [0.15, 0.2) is 0 Å². The Morgan fingerprint density at radius 2 is 1.78 bits per heavy atom. The molecule has 1 fully saturated rings. The molecule has 7 nitrogen and oxygen atoms in total. The molecule has 8 heteroatoms. The van der Waals surface area contributed by atoms with Gasteiger partial charge in [-0.25, -0.2) is 8.42 Å². The second kappa shape index (κ2) is 7.48. The Kier molecular flexibility index (Phi) is 5.27. The van der Waals surface area contributed by atoms with E-state index in [-0.39, 0.29) is 10.8 Å². The Morgan fingerprint density at radius 1 is 1.04 bits per heavy atom. The van der Waals surface area contributed by atoms with Gasteiger partial charge in [0.2, 0.25) is 5.91 Å². The van der Waals surface area contributed by atoms with Crippen molar-refractivity contribution >= 4 is 27.3 Å². The molecule has 2 aromatic carbocycles. The number of amides is 1. The van der Waals surface area contributed by atoms with Gasteiger partial charge in [0.05, 0.1) is 30.5 Å². The van der Waals surface area contributed by atoms with Crippen LogP contribution >= 0.6 is 0 Å². The van der Waals surface area contributed by atoms with E-state index in [4.69, 9.17) is 9.47 Å². The maximum atomic E-state index is 12.7. The summed E-state index contributed by atoms with van der Waals surface area (Å²) in [6.45, 7) is 2.41. The van der Waals surface area contributed by atoms with E-state index >= 15 is 0 Å². The number of anilines is 2. The fourth-order valence-electron chi connectivity index (χ4n) is 3.10. The molecule has 144 valence electrons. The lowest BCUT2D eigenvalue weighted by atomic mass is 10.2. The Balaban J connectivity index is 1.88. The van der Waals surface area contributed by atoms with Crippen molar-refractivity contribution in [3.63, 3.8) is 0 Å². The molecule has 1 amide bonds. The molecule has 2 aromatic rings. The highest BCUT2D eigenvalue weighted by Crippen LogP contribution is 2.34. The summed E-state index contributed by atoms with van der Waals surface area (Å²) in [5.74, 6) is 1.10. The van der Waals surface area contributed by atoms with E-state index < -0.39 is 10.0 Å². The van der Waals surface area contributed by atoms with Gasteiger partial charge in [0, 0.05) is 19.0 Å². The molecule has 0 bridgehead atoms. The zero-order valence-electron chi connectivity index (χ0n) is 15.5. The molecule has 0 spiro atoms. The first-order valence-electron chi connectivity index (χ1n) is 8.51. The van der Waals surface area contributed by atoms with Crippen LogP contribution in [-0.2, 0) is 14.8 Å². The number of aryl methyl sites for hydroxylation is 1. The molecular weight excluding hydrogens is 368 g/mol. The molecular formula is C19H22N2O5S. The highest BCUT2D eigenvalue weighted by Gasteiger charge is 2.25. The molecule has 0 aromatic heterocycles. The first-order chi connectivity index (χ1) is 12.9. The summed E-state index contributed by atoms with van der Waals surface area (Å²) in [5.41, 5.74) is 1.72. The quantitative estimate of drug-likeness (QED) is 0.820. The molecule has 0 unspecified atom stereocenters. The van der Waals surface area contributed by atoms with E-state index in [1.807, 2.05) is 0 Å². The van der Waals surface area contributed by atoms with Crippen molar-refractivity contribution in [3.05, 3.63) is 42.0 Å². The van der Waals surface area contributed by atoms with E-state index in [1.165, 1.54) is 20.3 Å². The number of methoxy groups -OCH3 is 2. The van der Waals surface area contributed by atoms with Crippen LogP contribution in [0.15, 0.2) is 41.3 Å². The molecule has 1 N–H and O–H groups in total. The Bertz CT molecular complexity index is 972. The van der Waals surface area contributed by atoms with Crippen LogP contribution in [0.1, 0.15) is 18.4 Å². The van der Waals surface area contributed by atoms with Crippen molar-refractivity contribution in [1.82, 2.24) is 0 Å². The lowest BCUT2D eigenvalue weighted by Crippen LogP contribution is -2.24. The lowest BCUT2D eigenvalue weighted by Gasteiger charge is -2.20. The van der Waals surface area contributed by atoms with Gasteiger partial charge in [-0.1, -0.05) is 0 Å². The number of carbonyl (C=O) groups is 1. The molecule has 1 aliphatic heterocycles. The number of sulfonamides is 1. The maximum absolute atomic E-state index is 12.7. The number of nitrogens with zero attached hydrogens (tertiary/aromatic N) is 1. The SMILES string of the molecule is COc1ccc(S(=O)(=O)Nc2ccc(N3CCCC3=O)c(OC)c2)cc1C. The number of carbonyl (C=O) groups excluding carboxylic acids is 1. The molecule has 0 radical (unpaired) electrons. The topological polar surface area (TPSA) is 84.9 Å². The summed E-state index contributed by atoms with van der Waals surface area (Å²) in [7, 11) is -0.744. The second-order valence-corrected chi connectivity index (χ2v) is 7.95. The molecule has 1 aliphatic rings. The fourth-order valence-corrected chi connectivity index (χ4v) is 4.23. The van der Waals surface area contributed by atoms with Crippen LogP contribution in [0.2, 0.25) is 0 Å². The minimum atomic E-state index is -3.77. The Hall–Kier alpha value is -2.74. The van der Waals surface area contributed by atoms with E-state index in [9.17, 15) is 13.2 Å². The van der Waals surface area contributed by atoms with Crippen LogP contribution in [0, 0.1) is 6.92 Å². The molecule has 3 rings (SSSR count). The summed E-state index contributed by atoms with van der Waals surface area (Å²) in [6.07, 6.45) is 1.31. The third-order valence-electron chi connectivity index (χ3n) is 4.47. The van der Waals surface area contributed by atoms with E-state index in [0.717, 1.165) is 12.0 Å². The van der Waals surface area contributed by atoms with Gasteiger partial charge in [0.1, 0.15) is 11.5 Å². The molecule has 0 atom stereocenters. The number of benzene rings is 2. The zero-order chi connectivity index (χ0) is 19.6. The first kappa shape index (κ1) is 19.0. The summed E-state index contributed by atoms with van der Waals surface area (Å²) in [4.78, 5) is 13.8. The van der Waals surface area contributed by atoms with Gasteiger partial charge >= 0.3 is 0 Å². The average Bonchev–Trinajstić information content (AvgIpc) is 3.07. The molecule has 27 heavy (non-hydrogen) atoms. The predicted molar refractivity (Wildman–Crippen MR) is 103 cm³/mol. The van der Waals surface area contributed by atoms with Crippen molar-refractivity contribution in [2.24, 2.45) is 0 Å². The fraction of sp³-hybridized carbons (Fsp3) is 0.316. The lowest BCUT2D eigenvalue weighted by molar-refractivity contribution is -0.117. The van der Waals surface area contributed by atoms with Gasteiger partial charge in [-0.3, -0.25) is 9.52 Å². The van der Waals surface area contributed by atoms with E-state index in [0.29, 0.717) is 35.8 Å². The Labute approximate surface area is 158 Å². The van der Waals surface area contributed by atoms with E-state index in [1.54, 1.807) is 42.2 Å². The van der Waals surface area contributed by atoms with Crippen LogP contribution < -0.4 is 19.1 Å². The number of ether oxygens (including phenoxy) is 2. The smallest absolute Gasteiger partial charge is 0.261 e. The molecule has 1 heterocycles. The molecule has 1 saturated heterocycles. The number of nitrogens with one attached hydrogen (secondary N) is 1. The van der Waals surface area contributed by atoms with Crippen LogP contribution in [0.3, 0.4) is 0 Å². The van der Waals surface area contributed by atoms with Crippen molar-refractivity contribution in [2.45, 2.75) is 24.7 Å². The standard InChI is InChI=1S/C19H22N2O5S/c1-13-11-15(7-9-17(13)25-2)27(23,24)20-14-6-8-16(18(12-14)26-3)21-10-4-5-19(21)22/h6-9,11-12,20H,4-5,10H2,1-3H3. The average molecular weight is 390 g/mol. The Morgan fingerprint density at radius 3 is 2.37 bits per heavy atom. The summed E-state index contributed by atoms with van der Waals surface area (Å²) >= 11 is 0. The highest BCUT2D eigenvalue weighted by molar-refractivity contribution is 7.92. The van der Waals surface area contributed by atoms with E-state index in [2.05, 4.69) is 4.72 Å². The van der Waals surface area contributed by atoms with Crippen LogP contribution in [0.25, 0.3) is 0 Å². The minimum absolute atomic E-state index is 0.0374. The normalized spacial score (nSPS) is 14.3. The maximum Gasteiger partial charge on any atom is 0.261 e. The van der Waals surface area contributed by atoms with Crippen LogP contribution in [0.4, 0.5) is 11.4 Å². The van der Waals surface area contributed by atoms with Gasteiger partial charge in [-0.2, -0.15) is 0 Å². The molecule has 0 saturated carbocycles. The van der Waals surface area contributed by atoms with Crippen LogP contribution in [0.5, 0.6) is 11.5 Å². The summed E-state index contributed by atoms with van der Waals surface area (Å²) in [5, 5.41) is 0. The highest BCUT2D eigenvalue weighted by atomic mass is 32.2. The van der Waals surface area contributed by atoms with Crippen molar-refractivity contribution < 1.29 is 22.7 Å². The molecule has 0 aliphatic carbocycles. The monoisotopic (exact) mass is 390 g/mol. The predicted octanol–water partition coefficient (Wildman–Crippen LogP) is 2.94. The number of hydrogen-bond donors (Lipinski definition) is 1.